The summed E-state index contributed by atoms with van der Waals surface area (Å²) < 4.78 is 10.5. The monoisotopic (exact) mass is 388 g/mol. The number of nitrogens with zero attached hydrogens (tertiary/aromatic N) is 2. The molecule has 1 aliphatic heterocycles. The van der Waals surface area contributed by atoms with Crippen molar-refractivity contribution in [1.82, 2.24) is 4.90 Å². The van der Waals surface area contributed by atoms with Gasteiger partial charge in [0.2, 0.25) is 5.91 Å². The SMILES string of the molecule is COc1ccc(N(CN2CCCC2=O)C(=O)c2cc(Cl)ccc2OC)cc1. The summed E-state index contributed by atoms with van der Waals surface area (Å²) in [4.78, 5) is 28.7. The van der Waals surface area contributed by atoms with Crippen molar-refractivity contribution in [2.75, 3.05) is 32.3 Å². The molecular formula is C20H21ClN2O4. The Bertz CT molecular complexity index is 838. The van der Waals surface area contributed by atoms with Gasteiger partial charge in [0.25, 0.3) is 5.91 Å². The molecule has 1 aliphatic rings. The molecule has 0 aliphatic carbocycles. The number of halogens is 1. The molecule has 0 unspecified atom stereocenters. The number of methoxy groups -OCH3 is 2. The van der Waals surface area contributed by atoms with Crippen molar-refractivity contribution in [3.8, 4) is 11.5 Å². The zero-order chi connectivity index (χ0) is 19.4. The van der Waals surface area contributed by atoms with Gasteiger partial charge in [0, 0.05) is 23.7 Å². The smallest absolute Gasteiger partial charge is 0.263 e. The van der Waals surface area contributed by atoms with E-state index in [2.05, 4.69) is 0 Å². The van der Waals surface area contributed by atoms with Crippen LogP contribution in [0.25, 0.3) is 0 Å². The first-order chi connectivity index (χ1) is 13.0. The lowest BCUT2D eigenvalue weighted by Gasteiger charge is -2.28. The van der Waals surface area contributed by atoms with Gasteiger partial charge in [-0.1, -0.05) is 11.6 Å². The van der Waals surface area contributed by atoms with Crippen LogP contribution in [0.2, 0.25) is 5.02 Å². The van der Waals surface area contributed by atoms with E-state index >= 15 is 0 Å². The van der Waals surface area contributed by atoms with E-state index < -0.39 is 0 Å². The van der Waals surface area contributed by atoms with Crippen LogP contribution in [0.3, 0.4) is 0 Å². The van der Waals surface area contributed by atoms with Crippen LogP contribution in [-0.4, -0.2) is 44.1 Å². The predicted molar refractivity (Wildman–Crippen MR) is 104 cm³/mol. The second-order valence-electron chi connectivity index (χ2n) is 6.18. The summed E-state index contributed by atoms with van der Waals surface area (Å²) in [5.74, 6) is 0.859. The molecule has 0 spiro atoms. The minimum atomic E-state index is -0.292. The van der Waals surface area contributed by atoms with Crippen molar-refractivity contribution in [2.45, 2.75) is 12.8 Å². The Balaban J connectivity index is 1.98. The Morgan fingerprint density at radius 2 is 1.89 bits per heavy atom. The van der Waals surface area contributed by atoms with E-state index in [1.54, 1.807) is 59.4 Å². The van der Waals surface area contributed by atoms with Gasteiger partial charge in [-0.3, -0.25) is 14.5 Å². The van der Waals surface area contributed by atoms with Crippen LogP contribution < -0.4 is 14.4 Å². The van der Waals surface area contributed by atoms with Crippen molar-refractivity contribution >= 4 is 29.1 Å². The molecule has 0 aromatic heterocycles. The summed E-state index contributed by atoms with van der Waals surface area (Å²) in [5, 5.41) is 0.436. The van der Waals surface area contributed by atoms with E-state index in [0.717, 1.165) is 6.42 Å². The second-order valence-corrected chi connectivity index (χ2v) is 6.61. The number of carbonyl (C=O) groups excluding carboxylic acids is 2. The highest BCUT2D eigenvalue weighted by molar-refractivity contribution is 6.31. The number of likely N-dealkylation sites (tertiary alicyclic amines) is 1. The normalized spacial score (nSPS) is 13.6. The minimum Gasteiger partial charge on any atom is -0.497 e. The average Bonchev–Trinajstić information content (AvgIpc) is 3.10. The lowest BCUT2D eigenvalue weighted by molar-refractivity contribution is -0.127. The van der Waals surface area contributed by atoms with Gasteiger partial charge in [-0.05, 0) is 48.9 Å². The third-order valence-corrected chi connectivity index (χ3v) is 4.74. The first-order valence-electron chi connectivity index (χ1n) is 8.60. The van der Waals surface area contributed by atoms with Gasteiger partial charge in [-0.25, -0.2) is 0 Å². The van der Waals surface area contributed by atoms with Crippen LogP contribution in [0.1, 0.15) is 23.2 Å². The molecule has 0 saturated carbocycles. The Morgan fingerprint density at radius 1 is 1.15 bits per heavy atom. The fourth-order valence-corrected chi connectivity index (χ4v) is 3.21. The Morgan fingerprint density at radius 3 is 2.48 bits per heavy atom. The fourth-order valence-electron chi connectivity index (χ4n) is 3.04. The lowest BCUT2D eigenvalue weighted by Crippen LogP contribution is -2.42. The number of carbonyl (C=O) groups is 2. The molecule has 3 rings (SSSR count). The summed E-state index contributed by atoms with van der Waals surface area (Å²) in [5.41, 5.74) is 0.995. The number of benzene rings is 2. The van der Waals surface area contributed by atoms with Crippen molar-refractivity contribution in [3.05, 3.63) is 53.1 Å². The summed E-state index contributed by atoms with van der Waals surface area (Å²) in [6, 6.07) is 12.0. The molecule has 6 nitrogen and oxygen atoms in total. The molecule has 0 atom stereocenters. The molecule has 2 aromatic rings. The highest BCUT2D eigenvalue weighted by atomic mass is 35.5. The summed E-state index contributed by atoms with van der Waals surface area (Å²) in [6.07, 6.45) is 1.30. The van der Waals surface area contributed by atoms with Gasteiger partial charge in [0.05, 0.1) is 19.8 Å². The quantitative estimate of drug-likeness (QED) is 0.758. The molecule has 2 amide bonds. The van der Waals surface area contributed by atoms with Crippen molar-refractivity contribution in [1.29, 1.82) is 0 Å². The van der Waals surface area contributed by atoms with Crippen molar-refractivity contribution < 1.29 is 19.1 Å². The molecule has 142 valence electrons. The van der Waals surface area contributed by atoms with Gasteiger partial charge in [-0.2, -0.15) is 0 Å². The van der Waals surface area contributed by atoms with E-state index in [1.807, 2.05) is 0 Å². The Hall–Kier alpha value is -2.73. The molecule has 1 fully saturated rings. The van der Waals surface area contributed by atoms with Crippen LogP contribution in [0.15, 0.2) is 42.5 Å². The zero-order valence-corrected chi connectivity index (χ0v) is 16.0. The number of ether oxygens (including phenoxy) is 2. The fraction of sp³-hybridized carbons (Fsp3) is 0.300. The maximum Gasteiger partial charge on any atom is 0.263 e. The number of hydrogen-bond donors (Lipinski definition) is 0. The summed E-state index contributed by atoms with van der Waals surface area (Å²) in [7, 11) is 3.08. The maximum atomic E-state index is 13.3. The van der Waals surface area contributed by atoms with E-state index in [1.165, 1.54) is 7.11 Å². The van der Waals surface area contributed by atoms with Crippen LogP contribution in [0.5, 0.6) is 11.5 Å². The van der Waals surface area contributed by atoms with E-state index in [-0.39, 0.29) is 18.5 Å². The van der Waals surface area contributed by atoms with E-state index in [0.29, 0.717) is 40.7 Å². The Kier molecular flexibility index (Phi) is 5.86. The molecule has 0 radical (unpaired) electrons. The number of anilines is 1. The third kappa shape index (κ3) is 4.17. The van der Waals surface area contributed by atoms with Gasteiger partial charge < -0.3 is 14.4 Å². The first-order valence-corrected chi connectivity index (χ1v) is 8.98. The highest BCUT2D eigenvalue weighted by Crippen LogP contribution is 2.28. The van der Waals surface area contributed by atoms with Crippen LogP contribution in [-0.2, 0) is 4.79 Å². The predicted octanol–water partition coefficient (Wildman–Crippen LogP) is 3.58. The van der Waals surface area contributed by atoms with Crippen LogP contribution in [0.4, 0.5) is 5.69 Å². The molecule has 1 heterocycles. The summed E-state index contributed by atoms with van der Waals surface area (Å²) in [6.45, 7) is 0.797. The number of rotatable bonds is 6. The standard InChI is InChI=1S/C20H21ClN2O4/c1-26-16-8-6-15(7-9-16)23(13-22-11-3-4-19(22)24)20(25)17-12-14(21)5-10-18(17)27-2/h5-10,12H,3-4,11,13H2,1-2H3. The largest absolute Gasteiger partial charge is 0.497 e. The van der Waals surface area contributed by atoms with Gasteiger partial charge >= 0.3 is 0 Å². The van der Waals surface area contributed by atoms with Gasteiger partial charge in [0.1, 0.15) is 18.2 Å². The second kappa shape index (κ2) is 8.31. The Labute approximate surface area is 163 Å². The molecular weight excluding hydrogens is 368 g/mol. The topological polar surface area (TPSA) is 59.1 Å². The van der Waals surface area contributed by atoms with Gasteiger partial charge in [-0.15, -0.1) is 0 Å². The van der Waals surface area contributed by atoms with Crippen molar-refractivity contribution in [2.24, 2.45) is 0 Å². The average molecular weight is 389 g/mol. The third-order valence-electron chi connectivity index (χ3n) is 4.50. The van der Waals surface area contributed by atoms with Crippen LogP contribution in [0, 0.1) is 0 Å². The number of amides is 2. The van der Waals surface area contributed by atoms with Gasteiger partial charge in [0.15, 0.2) is 0 Å². The van der Waals surface area contributed by atoms with E-state index in [4.69, 9.17) is 21.1 Å². The minimum absolute atomic E-state index is 0.0411. The number of hydrogen-bond acceptors (Lipinski definition) is 4. The maximum absolute atomic E-state index is 13.3. The molecule has 1 saturated heterocycles. The van der Waals surface area contributed by atoms with E-state index in [9.17, 15) is 9.59 Å². The molecule has 2 aromatic carbocycles. The molecule has 27 heavy (non-hydrogen) atoms. The summed E-state index contributed by atoms with van der Waals surface area (Å²) >= 11 is 6.09. The lowest BCUT2D eigenvalue weighted by atomic mass is 10.1. The highest BCUT2D eigenvalue weighted by Gasteiger charge is 2.28. The zero-order valence-electron chi connectivity index (χ0n) is 15.3. The molecule has 0 bridgehead atoms. The molecule has 0 N–H and O–H groups in total. The molecule has 7 heteroatoms. The first kappa shape index (κ1) is 19.0. The van der Waals surface area contributed by atoms with Crippen molar-refractivity contribution in [3.63, 3.8) is 0 Å². The van der Waals surface area contributed by atoms with Crippen LogP contribution >= 0.6 is 11.6 Å².